The van der Waals surface area contributed by atoms with Crippen LogP contribution in [0.15, 0.2) is 54.9 Å². The number of amides is 2. The molecule has 2 atom stereocenters. The van der Waals surface area contributed by atoms with Crippen molar-refractivity contribution in [2.45, 2.75) is 51.2 Å². The number of nitrogens with zero attached hydrogens (tertiary/aromatic N) is 3. The van der Waals surface area contributed by atoms with Gasteiger partial charge in [0.15, 0.2) is 0 Å². The molecule has 1 aromatic heterocycles. The summed E-state index contributed by atoms with van der Waals surface area (Å²) in [4.78, 5) is 33.4. The van der Waals surface area contributed by atoms with E-state index in [-0.39, 0.29) is 11.8 Å². The first kappa shape index (κ1) is 26.2. The van der Waals surface area contributed by atoms with Gasteiger partial charge in [-0.25, -0.2) is 0 Å². The van der Waals surface area contributed by atoms with Crippen molar-refractivity contribution in [2.24, 2.45) is 5.92 Å². The van der Waals surface area contributed by atoms with Crippen LogP contribution in [0.3, 0.4) is 0 Å². The van der Waals surface area contributed by atoms with Crippen LogP contribution in [0, 0.1) is 5.92 Å². The molecule has 2 aromatic rings. The van der Waals surface area contributed by atoms with Gasteiger partial charge in [0.1, 0.15) is 6.04 Å². The van der Waals surface area contributed by atoms with E-state index < -0.39 is 6.04 Å². The lowest BCUT2D eigenvalue weighted by Crippen LogP contribution is -2.52. The second-order valence-corrected chi connectivity index (χ2v) is 10.2. The number of aromatic nitrogens is 1. The maximum atomic E-state index is 13.2. The number of nitrogens with one attached hydrogen (secondary N) is 1. The van der Waals surface area contributed by atoms with Gasteiger partial charge >= 0.3 is 0 Å². The zero-order valence-electron chi connectivity index (χ0n) is 20.7. The van der Waals surface area contributed by atoms with Crippen molar-refractivity contribution in [2.75, 3.05) is 32.1 Å². The van der Waals surface area contributed by atoms with E-state index in [0.29, 0.717) is 18.4 Å². The van der Waals surface area contributed by atoms with Gasteiger partial charge in [-0.3, -0.25) is 19.5 Å². The zero-order chi connectivity index (χ0) is 24.3. The van der Waals surface area contributed by atoms with Crippen molar-refractivity contribution in [3.8, 4) is 0 Å². The molecule has 1 aromatic carbocycles. The first-order valence-corrected chi connectivity index (χ1v) is 13.5. The third-order valence-electron chi connectivity index (χ3n) is 6.72. The van der Waals surface area contributed by atoms with Crippen molar-refractivity contribution in [1.82, 2.24) is 20.1 Å². The second-order valence-electron chi connectivity index (χ2n) is 9.22. The van der Waals surface area contributed by atoms with Crippen molar-refractivity contribution < 1.29 is 9.59 Å². The maximum absolute atomic E-state index is 13.2. The average Bonchev–Trinajstić information content (AvgIpc) is 2.86. The van der Waals surface area contributed by atoms with Crippen molar-refractivity contribution in [1.29, 1.82) is 0 Å². The van der Waals surface area contributed by atoms with Crippen molar-refractivity contribution in [3.63, 3.8) is 0 Å². The number of carbonyl (C=O) groups excluding carboxylic acids is 2. The zero-order valence-corrected chi connectivity index (χ0v) is 21.5. The predicted molar refractivity (Wildman–Crippen MR) is 140 cm³/mol. The molecule has 34 heavy (non-hydrogen) atoms. The van der Waals surface area contributed by atoms with Crippen LogP contribution < -0.4 is 5.32 Å². The van der Waals surface area contributed by atoms with E-state index in [1.807, 2.05) is 23.5 Å². The van der Waals surface area contributed by atoms with Crippen LogP contribution in [0.4, 0.5) is 0 Å². The fourth-order valence-corrected chi connectivity index (χ4v) is 5.37. The lowest BCUT2D eigenvalue weighted by molar-refractivity contribution is -0.137. The summed E-state index contributed by atoms with van der Waals surface area (Å²) in [5.74, 6) is 1.27. The summed E-state index contributed by atoms with van der Waals surface area (Å²) in [5, 5.41) is 2.87. The highest BCUT2D eigenvalue weighted by molar-refractivity contribution is 7.98. The highest BCUT2D eigenvalue weighted by atomic mass is 32.2. The molecule has 0 aliphatic carbocycles. The SMILES string of the molecule is CSCC[C@H](NC(C)=O)C(=O)N1CCC(C(Cc2ccccc2)N(C)Cc2ccncc2)CC1. The Morgan fingerprint density at radius 1 is 1.12 bits per heavy atom. The van der Waals surface area contributed by atoms with Crippen LogP contribution in [0.25, 0.3) is 0 Å². The third kappa shape index (κ3) is 7.84. The Morgan fingerprint density at radius 2 is 1.79 bits per heavy atom. The Labute approximate surface area is 208 Å². The molecule has 0 radical (unpaired) electrons. The van der Waals surface area contributed by atoms with Gasteiger partial charge in [0.2, 0.25) is 11.8 Å². The summed E-state index contributed by atoms with van der Waals surface area (Å²) in [7, 11) is 2.21. The van der Waals surface area contributed by atoms with Gasteiger partial charge in [0.05, 0.1) is 0 Å². The first-order valence-electron chi connectivity index (χ1n) is 12.2. The number of likely N-dealkylation sites (tertiary alicyclic amines) is 1. The van der Waals surface area contributed by atoms with Crippen molar-refractivity contribution >= 4 is 23.6 Å². The summed E-state index contributed by atoms with van der Waals surface area (Å²) < 4.78 is 0. The number of carbonyl (C=O) groups is 2. The highest BCUT2D eigenvalue weighted by Crippen LogP contribution is 2.28. The molecular formula is C27H38N4O2S. The molecule has 2 amide bonds. The molecule has 1 saturated heterocycles. The molecule has 0 saturated carbocycles. The third-order valence-corrected chi connectivity index (χ3v) is 7.36. The summed E-state index contributed by atoms with van der Waals surface area (Å²) in [6.07, 6.45) is 9.33. The maximum Gasteiger partial charge on any atom is 0.245 e. The van der Waals surface area contributed by atoms with Crippen LogP contribution in [0.2, 0.25) is 0 Å². The quantitative estimate of drug-likeness (QED) is 0.530. The number of piperidine rings is 1. The lowest BCUT2D eigenvalue weighted by Gasteiger charge is -2.41. The minimum absolute atomic E-state index is 0.0625. The number of rotatable bonds is 11. The summed E-state index contributed by atoms with van der Waals surface area (Å²) >= 11 is 1.70. The number of hydrogen-bond donors (Lipinski definition) is 1. The Balaban J connectivity index is 1.66. The molecule has 1 aliphatic rings. The largest absolute Gasteiger partial charge is 0.345 e. The number of thioether (sulfide) groups is 1. The monoisotopic (exact) mass is 482 g/mol. The Bertz CT molecular complexity index is 888. The standard InChI is InChI=1S/C27H38N4O2S/c1-21(32)29-25(13-18-34-3)27(33)31-16-11-24(12-17-31)26(19-22-7-5-4-6-8-22)30(2)20-23-9-14-28-15-10-23/h4-10,14-15,24-26H,11-13,16-20H2,1-3H3,(H,29,32)/t25-,26?/m0/s1. The van der Waals surface area contributed by atoms with Gasteiger partial charge in [-0.15, -0.1) is 0 Å². The van der Waals surface area contributed by atoms with Crippen LogP contribution in [0.5, 0.6) is 0 Å². The smallest absolute Gasteiger partial charge is 0.245 e. The Hall–Kier alpha value is -2.38. The van der Waals surface area contributed by atoms with Crippen LogP contribution in [0.1, 0.15) is 37.3 Å². The molecule has 0 bridgehead atoms. The molecule has 1 unspecified atom stereocenters. The molecular weight excluding hydrogens is 444 g/mol. The lowest BCUT2D eigenvalue weighted by atomic mass is 9.84. The molecule has 2 heterocycles. The fourth-order valence-electron chi connectivity index (χ4n) is 4.89. The van der Waals surface area contributed by atoms with Gasteiger partial charge in [0, 0.05) is 45.0 Å². The molecule has 1 aliphatic heterocycles. The molecule has 0 spiro atoms. The number of benzene rings is 1. The summed E-state index contributed by atoms with van der Waals surface area (Å²) in [5.41, 5.74) is 2.60. The summed E-state index contributed by atoms with van der Waals surface area (Å²) in [6, 6.07) is 14.8. The average molecular weight is 483 g/mol. The van der Waals surface area contributed by atoms with E-state index in [9.17, 15) is 9.59 Å². The molecule has 3 rings (SSSR count). The number of hydrogen-bond acceptors (Lipinski definition) is 5. The predicted octanol–water partition coefficient (Wildman–Crippen LogP) is 3.62. The van der Waals surface area contributed by atoms with E-state index in [2.05, 4.69) is 64.7 Å². The van der Waals surface area contributed by atoms with E-state index in [4.69, 9.17) is 0 Å². The van der Waals surface area contributed by atoms with Gasteiger partial charge in [-0.05, 0) is 73.9 Å². The minimum Gasteiger partial charge on any atom is -0.345 e. The second kappa shape index (κ2) is 13.5. The Kier molecular flexibility index (Phi) is 10.4. The Morgan fingerprint density at radius 3 is 2.41 bits per heavy atom. The normalized spacial score (nSPS) is 16.3. The molecule has 6 nitrogen and oxygen atoms in total. The van der Waals surface area contributed by atoms with Gasteiger partial charge in [-0.1, -0.05) is 30.3 Å². The van der Waals surface area contributed by atoms with Crippen LogP contribution in [-0.4, -0.2) is 70.8 Å². The molecule has 184 valence electrons. The van der Waals surface area contributed by atoms with E-state index in [1.165, 1.54) is 18.1 Å². The number of pyridine rings is 1. The topological polar surface area (TPSA) is 65.5 Å². The van der Waals surface area contributed by atoms with Gasteiger partial charge < -0.3 is 10.2 Å². The van der Waals surface area contributed by atoms with Gasteiger partial charge in [0.25, 0.3) is 0 Å². The van der Waals surface area contributed by atoms with E-state index in [1.54, 1.807) is 11.8 Å². The van der Waals surface area contributed by atoms with Crippen LogP contribution >= 0.6 is 11.8 Å². The molecule has 7 heteroatoms. The minimum atomic E-state index is -0.420. The summed E-state index contributed by atoms with van der Waals surface area (Å²) in [6.45, 7) is 3.84. The van der Waals surface area contributed by atoms with Crippen molar-refractivity contribution in [3.05, 3.63) is 66.0 Å². The first-order chi connectivity index (χ1) is 16.5. The molecule has 1 fully saturated rings. The van der Waals surface area contributed by atoms with Gasteiger partial charge in [-0.2, -0.15) is 11.8 Å². The highest BCUT2D eigenvalue weighted by Gasteiger charge is 2.33. The molecule has 1 N–H and O–H groups in total. The fraction of sp³-hybridized carbons (Fsp3) is 0.519. The van der Waals surface area contributed by atoms with Crippen LogP contribution in [-0.2, 0) is 22.6 Å². The van der Waals surface area contributed by atoms with E-state index >= 15 is 0 Å². The number of likely N-dealkylation sites (N-methyl/N-ethyl adjacent to an activating group) is 1. The van der Waals surface area contributed by atoms with E-state index in [0.717, 1.165) is 44.6 Å².